The highest BCUT2D eigenvalue weighted by Crippen LogP contribution is 2.23. The maximum atomic E-state index is 12.9. The second-order valence-electron chi connectivity index (χ2n) is 6.88. The Bertz CT molecular complexity index is 1080. The SMILES string of the molecule is Cc1ccc(S(=O)(=O)N[C@H](CSc2ccc([N+](=O)[O-])cc2)Cc2ccccc2)cc1. The molecule has 0 unspecified atom stereocenters. The number of nitro groups is 1. The van der Waals surface area contributed by atoms with E-state index in [1.807, 2.05) is 37.3 Å². The molecule has 3 aromatic carbocycles. The molecule has 1 atom stereocenters. The van der Waals surface area contributed by atoms with Gasteiger partial charge in [-0.3, -0.25) is 10.1 Å². The Hall–Kier alpha value is -2.68. The van der Waals surface area contributed by atoms with E-state index in [0.717, 1.165) is 16.0 Å². The van der Waals surface area contributed by atoms with Gasteiger partial charge >= 0.3 is 0 Å². The van der Waals surface area contributed by atoms with Gasteiger partial charge in [0.05, 0.1) is 9.82 Å². The van der Waals surface area contributed by atoms with E-state index in [1.165, 1.54) is 23.9 Å². The third-order valence-electron chi connectivity index (χ3n) is 4.48. The highest BCUT2D eigenvalue weighted by molar-refractivity contribution is 7.99. The summed E-state index contributed by atoms with van der Waals surface area (Å²) >= 11 is 1.46. The fourth-order valence-corrected chi connectivity index (χ4v) is 5.16. The van der Waals surface area contributed by atoms with E-state index in [0.29, 0.717) is 12.2 Å². The van der Waals surface area contributed by atoms with Crippen molar-refractivity contribution in [3.8, 4) is 0 Å². The van der Waals surface area contributed by atoms with Crippen molar-refractivity contribution < 1.29 is 13.3 Å². The van der Waals surface area contributed by atoms with Crippen LogP contribution in [0.25, 0.3) is 0 Å². The minimum atomic E-state index is -3.67. The number of nitrogens with zero attached hydrogens (tertiary/aromatic N) is 1. The van der Waals surface area contributed by atoms with Gasteiger partial charge in [0.2, 0.25) is 10.0 Å². The number of hydrogen-bond donors (Lipinski definition) is 1. The second kappa shape index (κ2) is 9.88. The summed E-state index contributed by atoms with van der Waals surface area (Å²) in [5.41, 5.74) is 2.04. The Balaban J connectivity index is 1.75. The van der Waals surface area contributed by atoms with E-state index >= 15 is 0 Å². The van der Waals surface area contributed by atoms with Crippen LogP contribution >= 0.6 is 11.8 Å². The van der Waals surface area contributed by atoms with Gasteiger partial charge in [0.25, 0.3) is 5.69 Å². The van der Waals surface area contributed by atoms with Crippen molar-refractivity contribution in [2.24, 2.45) is 0 Å². The topological polar surface area (TPSA) is 89.3 Å². The minimum absolute atomic E-state index is 0.0280. The quantitative estimate of drug-likeness (QED) is 0.297. The monoisotopic (exact) mass is 442 g/mol. The zero-order valence-electron chi connectivity index (χ0n) is 16.4. The minimum Gasteiger partial charge on any atom is -0.258 e. The van der Waals surface area contributed by atoms with Crippen LogP contribution in [0, 0.1) is 17.0 Å². The van der Waals surface area contributed by atoms with Crippen molar-refractivity contribution in [1.29, 1.82) is 0 Å². The molecule has 0 aliphatic heterocycles. The van der Waals surface area contributed by atoms with Crippen molar-refractivity contribution in [3.63, 3.8) is 0 Å². The molecule has 8 heteroatoms. The number of hydrogen-bond acceptors (Lipinski definition) is 5. The Labute approximate surface area is 180 Å². The lowest BCUT2D eigenvalue weighted by Crippen LogP contribution is -2.38. The van der Waals surface area contributed by atoms with Gasteiger partial charge in [-0.2, -0.15) is 0 Å². The largest absolute Gasteiger partial charge is 0.269 e. The first-order valence-electron chi connectivity index (χ1n) is 9.34. The molecule has 0 saturated carbocycles. The van der Waals surface area contributed by atoms with Crippen molar-refractivity contribution in [3.05, 3.63) is 100 Å². The van der Waals surface area contributed by atoms with Gasteiger partial charge in [-0.1, -0.05) is 48.0 Å². The predicted molar refractivity (Wildman–Crippen MR) is 119 cm³/mol. The molecule has 0 heterocycles. The van der Waals surface area contributed by atoms with Crippen LogP contribution in [0.2, 0.25) is 0 Å². The molecule has 6 nitrogen and oxygen atoms in total. The van der Waals surface area contributed by atoms with Crippen LogP contribution in [-0.4, -0.2) is 25.1 Å². The molecular formula is C22H22N2O4S2. The van der Waals surface area contributed by atoms with Crippen molar-refractivity contribution in [1.82, 2.24) is 4.72 Å². The highest BCUT2D eigenvalue weighted by atomic mass is 32.2. The molecule has 0 radical (unpaired) electrons. The lowest BCUT2D eigenvalue weighted by molar-refractivity contribution is -0.384. The number of non-ortho nitro benzene ring substituents is 1. The van der Waals surface area contributed by atoms with Crippen LogP contribution in [-0.2, 0) is 16.4 Å². The van der Waals surface area contributed by atoms with E-state index in [4.69, 9.17) is 0 Å². The average molecular weight is 443 g/mol. The molecule has 3 aromatic rings. The number of benzene rings is 3. The summed E-state index contributed by atoms with van der Waals surface area (Å²) < 4.78 is 28.6. The fraction of sp³-hybridized carbons (Fsp3) is 0.182. The lowest BCUT2D eigenvalue weighted by atomic mass is 10.1. The highest BCUT2D eigenvalue weighted by Gasteiger charge is 2.21. The molecule has 0 fully saturated rings. The number of nitrogens with one attached hydrogen (secondary N) is 1. The van der Waals surface area contributed by atoms with Gasteiger partial charge < -0.3 is 0 Å². The molecule has 30 heavy (non-hydrogen) atoms. The number of thioether (sulfide) groups is 1. The standard InChI is InChI=1S/C22H22N2O4S2/c1-17-7-13-22(14-8-17)30(27,28)23-19(15-18-5-3-2-4-6-18)16-29-21-11-9-20(10-12-21)24(25)26/h2-14,19,23H,15-16H2,1H3/t19-/m0/s1. The van der Waals surface area contributed by atoms with Crippen molar-refractivity contribution in [2.75, 3.05) is 5.75 Å². The summed E-state index contributed by atoms with van der Waals surface area (Å²) in [6.45, 7) is 1.91. The van der Waals surface area contributed by atoms with Gasteiger partial charge in [0.15, 0.2) is 0 Å². The Morgan fingerprint density at radius 2 is 1.60 bits per heavy atom. The molecule has 0 bridgehead atoms. The molecule has 0 saturated heterocycles. The van der Waals surface area contributed by atoms with Crippen LogP contribution in [0.15, 0.2) is 88.7 Å². The third kappa shape index (κ3) is 6.16. The maximum absolute atomic E-state index is 12.9. The Morgan fingerprint density at radius 1 is 0.967 bits per heavy atom. The first-order chi connectivity index (χ1) is 14.3. The van der Waals surface area contributed by atoms with E-state index in [1.54, 1.807) is 36.4 Å². The first kappa shape index (κ1) is 22.0. The molecular weight excluding hydrogens is 420 g/mol. The predicted octanol–water partition coefficient (Wildman–Crippen LogP) is 4.59. The first-order valence-corrected chi connectivity index (χ1v) is 11.8. The summed E-state index contributed by atoms with van der Waals surface area (Å²) in [6, 6.07) is 22.3. The van der Waals surface area contributed by atoms with E-state index < -0.39 is 14.9 Å². The fourth-order valence-electron chi connectivity index (χ4n) is 2.90. The number of sulfonamides is 1. The summed E-state index contributed by atoms with van der Waals surface area (Å²) in [4.78, 5) is 11.4. The van der Waals surface area contributed by atoms with Crippen LogP contribution in [0.3, 0.4) is 0 Å². The zero-order valence-corrected chi connectivity index (χ0v) is 18.0. The molecule has 0 aliphatic rings. The lowest BCUT2D eigenvalue weighted by Gasteiger charge is -2.19. The number of rotatable bonds is 9. The maximum Gasteiger partial charge on any atom is 0.269 e. The van der Waals surface area contributed by atoms with Crippen LogP contribution < -0.4 is 4.72 Å². The van der Waals surface area contributed by atoms with Crippen LogP contribution in [0.1, 0.15) is 11.1 Å². The average Bonchev–Trinajstić information content (AvgIpc) is 2.73. The zero-order chi connectivity index (χ0) is 21.6. The molecule has 0 aromatic heterocycles. The molecule has 0 aliphatic carbocycles. The van der Waals surface area contributed by atoms with Crippen molar-refractivity contribution >= 4 is 27.5 Å². The Morgan fingerprint density at radius 3 is 2.20 bits per heavy atom. The molecule has 0 amide bonds. The molecule has 3 rings (SSSR count). The van der Waals surface area contributed by atoms with Crippen LogP contribution in [0.4, 0.5) is 5.69 Å². The summed E-state index contributed by atoms with van der Waals surface area (Å²) in [5.74, 6) is 0.484. The van der Waals surface area contributed by atoms with Crippen LogP contribution in [0.5, 0.6) is 0 Å². The molecule has 1 N–H and O–H groups in total. The summed E-state index contributed by atoms with van der Waals surface area (Å²) in [7, 11) is -3.67. The Kier molecular flexibility index (Phi) is 7.25. The van der Waals surface area contributed by atoms with Gasteiger partial charge in [-0.25, -0.2) is 13.1 Å². The second-order valence-corrected chi connectivity index (χ2v) is 9.69. The summed E-state index contributed by atoms with van der Waals surface area (Å²) in [6.07, 6.45) is 0.534. The van der Waals surface area contributed by atoms with Gasteiger partial charge in [0, 0.05) is 28.8 Å². The van der Waals surface area contributed by atoms with Gasteiger partial charge in [-0.05, 0) is 43.2 Å². The summed E-state index contributed by atoms with van der Waals surface area (Å²) in [5, 5.41) is 10.8. The van der Waals surface area contributed by atoms with Gasteiger partial charge in [-0.15, -0.1) is 11.8 Å². The molecule has 156 valence electrons. The van der Waals surface area contributed by atoms with Crippen molar-refractivity contribution in [2.45, 2.75) is 29.2 Å². The normalized spacial score (nSPS) is 12.4. The van der Waals surface area contributed by atoms with E-state index in [2.05, 4.69) is 4.72 Å². The molecule has 0 spiro atoms. The number of aryl methyl sites for hydroxylation is 1. The van der Waals surface area contributed by atoms with Gasteiger partial charge in [0.1, 0.15) is 0 Å². The van der Waals surface area contributed by atoms with E-state index in [9.17, 15) is 18.5 Å². The van der Waals surface area contributed by atoms with E-state index in [-0.39, 0.29) is 16.6 Å². The number of nitro benzene ring substituents is 1. The smallest absolute Gasteiger partial charge is 0.258 e. The third-order valence-corrected chi connectivity index (χ3v) is 7.19.